The lowest BCUT2D eigenvalue weighted by atomic mass is 10.0. The van der Waals surface area contributed by atoms with Crippen molar-refractivity contribution >= 4 is 40.6 Å². The Bertz CT molecular complexity index is 765. The number of aliphatic carboxylic acids is 1. The Labute approximate surface area is 190 Å². The molecule has 0 saturated heterocycles. The van der Waals surface area contributed by atoms with E-state index in [0.29, 0.717) is 22.1 Å². The Morgan fingerprint density at radius 1 is 1.30 bits per heavy atom. The highest BCUT2D eigenvalue weighted by Gasteiger charge is 2.32. The molecule has 9 nitrogen and oxygen atoms in total. The second kappa shape index (κ2) is 11.3. The van der Waals surface area contributed by atoms with Crippen LogP contribution in [0.1, 0.15) is 39.2 Å². The van der Waals surface area contributed by atoms with Gasteiger partial charge in [0.15, 0.2) is 0 Å². The van der Waals surface area contributed by atoms with Gasteiger partial charge in [0.05, 0.1) is 3.57 Å². The third kappa shape index (κ3) is 8.34. The minimum absolute atomic E-state index is 0.0991. The first-order chi connectivity index (χ1) is 13.9. The fourth-order valence-corrected chi connectivity index (χ4v) is 3.34. The van der Waals surface area contributed by atoms with E-state index in [0.717, 1.165) is 4.90 Å². The topological polar surface area (TPSA) is 142 Å². The van der Waals surface area contributed by atoms with Gasteiger partial charge in [0.1, 0.15) is 23.4 Å². The number of nitrogens with one attached hydrogen (secondary N) is 1. The minimum Gasteiger partial charge on any atom is -0.507 e. The highest BCUT2D eigenvalue weighted by Crippen LogP contribution is 2.21. The number of phenols is 1. The van der Waals surface area contributed by atoms with Gasteiger partial charge in [-0.05, 0) is 80.4 Å². The van der Waals surface area contributed by atoms with Crippen LogP contribution in [0.2, 0.25) is 0 Å². The third-order valence-electron chi connectivity index (χ3n) is 4.22. The maximum atomic E-state index is 13.1. The molecule has 0 saturated carbocycles. The van der Waals surface area contributed by atoms with Gasteiger partial charge >= 0.3 is 12.1 Å². The monoisotopic (exact) mass is 535 g/mol. The third-order valence-corrected chi connectivity index (χ3v) is 5.09. The predicted molar refractivity (Wildman–Crippen MR) is 120 cm³/mol. The number of carbonyl (C=O) groups is 3. The fraction of sp³-hybridized carbons (Fsp3) is 0.550. The number of carbonyl (C=O) groups excluding carboxylic acids is 2. The van der Waals surface area contributed by atoms with Crippen LogP contribution in [0.5, 0.6) is 5.75 Å². The lowest BCUT2D eigenvalue weighted by molar-refractivity contribution is -0.150. The summed E-state index contributed by atoms with van der Waals surface area (Å²) < 4.78 is 5.85. The molecule has 0 unspecified atom stereocenters. The van der Waals surface area contributed by atoms with Gasteiger partial charge < -0.3 is 30.9 Å². The first kappa shape index (κ1) is 26.0. The Morgan fingerprint density at radius 2 is 1.93 bits per heavy atom. The van der Waals surface area contributed by atoms with Crippen LogP contribution < -0.4 is 11.1 Å². The molecule has 0 spiro atoms. The zero-order valence-corrected chi connectivity index (χ0v) is 19.8. The molecule has 0 fully saturated rings. The Kier molecular flexibility index (Phi) is 9.82. The molecular formula is C20H30IN3O6. The number of likely N-dealkylation sites (N-methyl/N-ethyl adjacent to an activating group) is 1. The normalized spacial score (nSPS) is 13.3. The van der Waals surface area contributed by atoms with Crippen LogP contribution >= 0.6 is 22.6 Å². The number of carboxylic acid groups (broad SMARTS) is 1. The van der Waals surface area contributed by atoms with Gasteiger partial charge in [0.25, 0.3) is 0 Å². The van der Waals surface area contributed by atoms with E-state index in [4.69, 9.17) is 10.5 Å². The molecule has 168 valence electrons. The van der Waals surface area contributed by atoms with Gasteiger partial charge in [-0.15, -0.1) is 0 Å². The average Bonchev–Trinajstić information content (AvgIpc) is 2.61. The molecule has 0 aliphatic rings. The van der Waals surface area contributed by atoms with Crippen LogP contribution in [0.15, 0.2) is 18.2 Å². The summed E-state index contributed by atoms with van der Waals surface area (Å²) in [7, 11) is 1.39. The first-order valence-electron chi connectivity index (χ1n) is 9.52. The number of phenolic OH excluding ortho intramolecular Hbond substituents is 1. The molecule has 1 aromatic rings. The average molecular weight is 535 g/mol. The molecule has 0 aromatic heterocycles. The fourth-order valence-electron chi connectivity index (χ4n) is 2.76. The van der Waals surface area contributed by atoms with E-state index >= 15 is 0 Å². The zero-order chi connectivity index (χ0) is 23.1. The standard InChI is InChI=1S/C20H30IN3O6/c1-20(2,3)30-19(29)23-14(11-12-7-8-16(25)13(21)10-12)17(26)24(4)15(18(27)28)6-5-9-22/h7-8,10,14-15,25H,5-6,9,11,22H2,1-4H3,(H,23,29)(H,27,28)/t14-,15-/m1/s1. The lowest BCUT2D eigenvalue weighted by Crippen LogP contribution is -2.53. The van der Waals surface area contributed by atoms with Gasteiger partial charge in [-0.3, -0.25) is 4.79 Å². The van der Waals surface area contributed by atoms with Crippen LogP contribution in [0, 0.1) is 3.57 Å². The van der Waals surface area contributed by atoms with E-state index < -0.39 is 35.7 Å². The summed E-state index contributed by atoms with van der Waals surface area (Å²) >= 11 is 1.96. The quantitative estimate of drug-likeness (QED) is 0.355. The van der Waals surface area contributed by atoms with Crippen molar-refractivity contribution in [3.8, 4) is 5.75 Å². The number of alkyl carbamates (subject to hydrolysis) is 1. The van der Waals surface area contributed by atoms with Crippen molar-refractivity contribution in [3.05, 3.63) is 27.3 Å². The summed E-state index contributed by atoms with van der Waals surface area (Å²) in [5.41, 5.74) is 5.40. The van der Waals surface area contributed by atoms with Crippen molar-refractivity contribution in [3.63, 3.8) is 0 Å². The number of carboxylic acids is 1. The molecule has 30 heavy (non-hydrogen) atoms. The van der Waals surface area contributed by atoms with Crippen LogP contribution in [-0.4, -0.2) is 64.4 Å². The maximum Gasteiger partial charge on any atom is 0.408 e. The number of rotatable bonds is 9. The molecule has 1 aromatic carbocycles. The van der Waals surface area contributed by atoms with Gasteiger partial charge in [-0.1, -0.05) is 6.07 Å². The smallest absolute Gasteiger partial charge is 0.408 e. The van der Waals surface area contributed by atoms with E-state index in [1.165, 1.54) is 13.1 Å². The van der Waals surface area contributed by atoms with Crippen LogP contribution in [0.4, 0.5) is 4.79 Å². The van der Waals surface area contributed by atoms with Gasteiger partial charge in [0, 0.05) is 13.5 Å². The molecule has 2 amide bonds. The summed E-state index contributed by atoms with van der Waals surface area (Å²) in [5, 5.41) is 21.8. The second-order valence-corrected chi connectivity index (χ2v) is 9.08. The van der Waals surface area contributed by atoms with E-state index in [2.05, 4.69) is 5.32 Å². The molecule has 0 aliphatic carbocycles. The second-order valence-electron chi connectivity index (χ2n) is 7.92. The minimum atomic E-state index is -1.14. The van der Waals surface area contributed by atoms with Gasteiger partial charge in [-0.25, -0.2) is 9.59 Å². The largest absolute Gasteiger partial charge is 0.507 e. The van der Waals surface area contributed by atoms with Crippen molar-refractivity contribution in [2.24, 2.45) is 5.73 Å². The number of nitrogens with two attached hydrogens (primary N) is 1. The molecule has 5 N–H and O–H groups in total. The van der Waals surface area contributed by atoms with Crippen molar-refractivity contribution in [1.29, 1.82) is 0 Å². The number of hydrogen-bond acceptors (Lipinski definition) is 6. The van der Waals surface area contributed by atoms with E-state index in [1.54, 1.807) is 32.9 Å². The number of ether oxygens (including phenoxy) is 1. The molecular weight excluding hydrogens is 505 g/mol. The summed E-state index contributed by atoms with van der Waals surface area (Å²) in [6, 6.07) is 2.71. The molecule has 0 radical (unpaired) electrons. The highest BCUT2D eigenvalue weighted by molar-refractivity contribution is 14.1. The zero-order valence-electron chi connectivity index (χ0n) is 17.6. The lowest BCUT2D eigenvalue weighted by Gasteiger charge is -2.30. The molecule has 0 aliphatic heterocycles. The van der Waals surface area contributed by atoms with Crippen LogP contribution in [0.3, 0.4) is 0 Å². The summed E-state index contributed by atoms with van der Waals surface area (Å²) in [5.74, 6) is -1.60. The molecule has 0 heterocycles. The van der Waals surface area contributed by atoms with E-state index in [1.807, 2.05) is 22.6 Å². The number of halogens is 1. The van der Waals surface area contributed by atoms with Crippen molar-refractivity contribution in [2.45, 2.75) is 57.7 Å². The number of aromatic hydroxyl groups is 1. The molecule has 2 atom stereocenters. The van der Waals surface area contributed by atoms with E-state index in [9.17, 15) is 24.6 Å². The molecule has 10 heteroatoms. The Hall–Kier alpha value is -2.08. The molecule has 0 bridgehead atoms. The first-order valence-corrected chi connectivity index (χ1v) is 10.6. The Balaban J connectivity index is 3.12. The van der Waals surface area contributed by atoms with Gasteiger partial charge in [0.2, 0.25) is 5.91 Å². The highest BCUT2D eigenvalue weighted by atomic mass is 127. The number of nitrogens with zero attached hydrogens (tertiary/aromatic N) is 1. The maximum absolute atomic E-state index is 13.1. The number of hydrogen-bond donors (Lipinski definition) is 4. The Morgan fingerprint density at radius 3 is 2.43 bits per heavy atom. The van der Waals surface area contributed by atoms with Crippen LogP contribution in [-0.2, 0) is 20.7 Å². The molecule has 1 rings (SSSR count). The summed E-state index contributed by atoms with van der Waals surface area (Å²) in [6.07, 6.45) is -0.0437. The predicted octanol–water partition coefficient (Wildman–Crippen LogP) is 2.08. The number of amides is 2. The SMILES string of the molecule is CN(C(=O)[C@@H](Cc1ccc(O)c(I)c1)NC(=O)OC(C)(C)C)[C@H](CCCN)C(=O)O. The summed E-state index contributed by atoms with van der Waals surface area (Å²) in [6.45, 7) is 5.40. The van der Waals surface area contributed by atoms with Crippen molar-refractivity contribution < 1.29 is 29.3 Å². The van der Waals surface area contributed by atoms with Crippen molar-refractivity contribution in [1.82, 2.24) is 10.2 Å². The van der Waals surface area contributed by atoms with E-state index in [-0.39, 0.29) is 18.6 Å². The number of benzene rings is 1. The van der Waals surface area contributed by atoms with Gasteiger partial charge in [-0.2, -0.15) is 0 Å². The van der Waals surface area contributed by atoms with Crippen LogP contribution in [0.25, 0.3) is 0 Å². The summed E-state index contributed by atoms with van der Waals surface area (Å²) in [4.78, 5) is 38.2. The van der Waals surface area contributed by atoms with Crippen molar-refractivity contribution in [2.75, 3.05) is 13.6 Å².